The monoisotopic (exact) mass is 678 g/mol. The van der Waals surface area contributed by atoms with Crippen molar-refractivity contribution in [3.8, 4) is 0 Å². The zero-order valence-electron chi connectivity index (χ0n) is 27.2. The second kappa shape index (κ2) is 16.0. The highest BCUT2D eigenvalue weighted by Crippen LogP contribution is 2.47. The lowest BCUT2D eigenvalue weighted by molar-refractivity contribution is 0.433. The first-order valence-corrected chi connectivity index (χ1v) is 17.7. The van der Waals surface area contributed by atoms with Crippen molar-refractivity contribution >= 4 is 69.6 Å². The number of hydrogen-bond acceptors (Lipinski definition) is 4. The maximum atomic E-state index is 6.38. The Kier molecular flexibility index (Phi) is 12.1. The van der Waals surface area contributed by atoms with Crippen LogP contribution >= 0.6 is 36.4 Å². The average molecular weight is 680 g/mol. The van der Waals surface area contributed by atoms with Crippen LogP contribution in [0.3, 0.4) is 0 Å². The fraction of sp³-hybridized carbons (Fsp3) is 0.487. The molecule has 0 saturated carbocycles. The summed E-state index contributed by atoms with van der Waals surface area (Å²) in [6.45, 7) is 4.38. The minimum atomic E-state index is 0. The molecule has 7 rings (SSSR count). The normalized spacial score (nSPS) is 18.2. The third kappa shape index (κ3) is 7.61. The fourth-order valence-electron chi connectivity index (χ4n) is 8.21. The lowest BCUT2D eigenvalue weighted by Gasteiger charge is -2.36. The zero-order valence-corrected chi connectivity index (χ0v) is 29.6. The summed E-state index contributed by atoms with van der Waals surface area (Å²) >= 11 is 6.38. The molecule has 0 aliphatic heterocycles. The van der Waals surface area contributed by atoms with Crippen molar-refractivity contribution in [3.63, 3.8) is 0 Å². The molecule has 0 radical (unpaired) electrons. The van der Waals surface area contributed by atoms with Gasteiger partial charge in [-0.1, -0.05) is 73.6 Å². The predicted molar refractivity (Wildman–Crippen MR) is 202 cm³/mol. The van der Waals surface area contributed by atoms with Crippen molar-refractivity contribution in [3.05, 3.63) is 81.7 Å². The molecule has 0 amide bonds. The van der Waals surface area contributed by atoms with Crippen LogP contribution in [0.15, 0.2) is 54.1 Å². The van der Waals surface area contributed by atoms with Crippen LogP contribution in [0, 0.1) is 5.92 Å². The molecule has 2 aromatic heterocycles. The molecule has 2 bridgehead atoms. The Morgan fingerprint density at radius 3 is 2.22 bits per heavy atom. The molecule has 0 spiro atoms. The van der Waals surface area contributed by atoms with Gasteiger partial charge in [-0.25, -0.2) is 0 Å². The minimum absolute atomic E-state index is 0. The van der Waals surface area contributed by atoms with Gasteiger partial charge < -0.3 is 10.6 Å². The Balaban J connectivity index is 0.00000208. The van der Waals surface area contributed by atoms with E-state index in [1.165, 1.54) is 109 Å². The summed E-state index contributed by atoms with van der Waals surface area (Å²) in [7, 11) is 0. The molecule has 0 unspecified atom stereocenters. The van der Waals surface area contributed by atoms with E-state index in [1.807, 2.05) is 12.1 Å². The van der Waals surface area contributed by atoms with Crippen LogP contribution in [-0.4, -0.2) is 23.1 Å². The molecule has 246 valence electrons. The summed E-state index contributed by atoms with van der Waals surface area (Å²) in [6.07, 6.45) is 19.8. The topological polar surface area (TPSA) is 49.8 Å². The fourth-order valence-corrected chi connectivity index (χ4v) is 8.38. The Morgan fingerprint density at radius 2 is 1.41 bits per heavy atom. The summed E-state index contributed by atoms with van der Waals surface area (Å²) < 4.78 is 0. The quantitative estimate of drug-likeness (QED) is 0.116. The summed E-state index contributed by atoms with van der Waals surface area (Å²) in [5.74, 6) is 1.22. The van der Waals surface area contributed by atoms with Crippen LogP contribution in [0.4, 0.5) is 11.4 Å². The number of hydrogen-bond donors (Lipinski definition) is 2. The number of unbranched alkanes of at least 4 members (excludes halogenated alkanes) is 6. The highest BCUT2D eigenvalue weighted by Gasteiger charge is 2.33. The molecule has 4 aromatic rings. The number of fused-ring (bicyclic) bond motifs is 7. The number of nitrogens with one attached hydrogen (secondary N) is 2. The molecule has 7 heteroatoms. The van der Waals surface area contributed by atoms with Crippen molar-refractivity contribution in [2.24, 2.45) is 5.92 Å². The van der Waals surface area contributed by atoms with Gasteiger partial charge in [0.15, 0.2) is 0 Å². The Morgan fingerprint density at radius 1 is 0.739 bits per heavy atom. The van der Waals surface area contributed by atoms with E-state index in [9.17, 15) is 0 Å². The van der Waals surface area contributed by atoms with Gasteiger partial charge in [-0.2, -0.15) is 0 Å². The number of pyridine rings is 2. The van der Waals surface area contributed by atoms with Gasteiger partial charge in [0.2, 0.25) is 0 Å². The van der Waals surface area contributed by atoms with E-state index >= 15 is 0 Å². The largest absolute Gasteiger partial charge is 0.384 e. The molecule has 2 heterocycles. The SMILES string of the molecule is CC1=C[C@H]2Cc3nc4cc(Cl)ccc4c(NCCCCCCCCCNc4c5c(nc6ccccc46)CCCC5)c3[C@@H](C1)C2.Cl.Cl. The van der Waals surface area contributed by atoms with Crippen molar-refractivity contribution in [2.75, 3.05) is 23.7 Å². The lowest BCUT2D eigenvalue weighted by Crippen LogP contribution is -2.24. The van der Waals surface area contributed by atoms with Crippen LogP contribution in [0.25, 0.3) is 21.8 Å². The van der Waals surface area contributed by atoms with Gasteiger partial charge in [0, 0.05) is 57.2 Å². The van der Waals surface area contributed by atoms with E-state index < -0.39 is 0 Å². The third-order valence-electron chi connectivity index (χ3n) is 10.2. The highest BCUT2D eigenvalue weighted by atomic mass is 35.5. The summed E-state index contributed by atoms with van der Waals surface area (Å²) in [5.41, 5.74) is 12.0. The van der Waals surface area contributed by atoms with Crippen molar-refractivity contribution in [1.82, 2.24) is 9.97 Å². The summed E-state index contributed by atoms with van der Waals surface area (Å²) in [5, 5.41) is 11.0. The third-order valence-corrected chi connectivity index (χ3v) is 10.5. The highest BCUT2D eigenvalue weighted by molar-refractivity contribution is 6.31. The number of allylic oxidation sites excluding steroid dienone is 2. The Labute approximate surface area is 292 Å². The van der Waals surface area contributed by atoms with Gasteiger partial charge >= 0.3 is 0 Å². The molecule has 3 aliphatic carbocycles. The number of para-hydroxylation sites is 1. The molecule has 2 atom stereocenters. The number of halogens is 3. The molecular formula is C39H49Cl3N4. The molecule has 2 aromatic carbocycles. The number of rotatable bonds is 12. The molecule has 0 fully saturated rings. The maximum Gasteiger partial charge on any atom is 0.0741 e. The van der Waals surface area contributed by atoms with E-state index in [2.05, 4.69) is 54.0 Å². The van der Waals surface area contributed by atoms with Crippen molar-refractivity contribution in [2.45, 2.75) is 103 Å². The Bertz CT molecular complexity index is 1680. The minimum Gasteiger partial charge on any atom is -0.384 e. The van der Waals surface area contributed by atoms with Crippen molar-refractivity contribution < 1.29 is 0 Å². The van der Waals surface area contributed by atoms with Gasteiger partial charge in [-0.3, -0.25) is 9.97 Å². The van der Waals surface area contributed by atoms with Gasteiger partial charge in [-0.05, 0) is 106 Å². The van der Waals surface area contributed by atoms with Crippen LogP contribution in [0.1, 0.15) is 106 Å². The number of nitrogens with zero attached hydrogens (tertiary/aromatic N) is 2. The lowest BCUT2D eigenvalue weighted by atomic mass is 9.71. The van der Waals surface area contributed by atoms with E-state index in [0.717, 1.165) is 54.8 Å². The van der Waals surface area contributed by atoms with Crippen LogP contribution in [0.5, 0.6) is 0 Å². The van der Waals surface area contributed by atoms with Gasteiger partial charge in [0.25, 0.3) is 0 Å². The molecular weight excluding hydrogens is 631 g/mol. The number of benzene rings is 2. The van der Waals surface area contributed by atoms with Crippen LogP contribution in [-0.2, 0) is 19.3 Å². The van der Waals surface area contributed by atoms with Gasteiger partial charge in [-0.15, -0.1) is 24.8 Å². The molecule has 0 saturated heterocycles. The summed E-state index contributed by atoms with van der Waals surface area (Å²) in [4.78, 5) is 10.1. The second-order valence-electron chi connectivity index (χ2n) is 13.6. The molecule has 3 aliphatic rings. The van der Waals surface area contributed by atoms with E-state index in [0.29, 0.717) is 11.8 Å². The van der Waals surface area contributed by atoms with Gasteiger partial charge in [0.1, 0.15) is 0 Å². The number of aryl methyl sites for hydroxylation is 1. The predicted octanol–water partition coefficient (Wildman–Crippen LogP) is 11.4. The average Bonchev–Trinajstić information content (AvgIpc) is 3.02. The molecule has 4 nitrogen and oxygen atoms in total. The van der Waals surface area contributed by atoms with Crippen LogP contribution < -0.4 is 10.6 Å². The van der Waals surface area contributed by atoms with Gasteiger partial charge in [0.05, 0.1) is 11.0 Å². The summed E-state index contributed by atoms with van der Waals surface area (Å²) in [6, 6.07) is 14.9. The smallest absolute Gasteiger partial charge is 0.0741 e. The first-order valence-electron chi connectivity index (χ1n) is 17.3. The van der Waals surface area contributed by atoms with E-state index in [-0.39, 0.29) is 24.8 Å². The maximum absolute atomic E-state index is 6.38. The zero-order chi connectivity index (χ0) is 29.9. The second-order valence-corrected chi connectivity index (χ2v) is 14.0. The molecule has 2 N–H and O–H groups in total. The number of anilines is 2. The first-order chi connectivity index (χ1) is 21.6. The molecule has 46 heavy (non-hydrogen) atoms. The van der Waals surface area contributed by atoms with Crippen molar-refractivity contribution in [1.29, 1.82) is 0 Å². The standard InChI is InChI=1S/C39H47ClN4.2ClH/c1-26-21-27-23-28(22-26)37-36(24-27)44-35-25-29(40)17-18-32(35)39(37)42-20-12-6-4-2-3-5-11-19-41-38-30-13-7-9-15-33(30)43-34-16-10-8-14-31(34)38;;/h7,9,13,15,17-18,21,25,27-28H,2-6,8,10-12,14,16,19-20,22-24H2,1H3,(H,41,43)(H,42,44);2*1H/t27-,28+;;/m1../s1. The number of aromatic nitrogens is 2. The Hall–Kier alpha value is -2.53. The van der Waals surface area contributed by atoms with E-state index in [4.69, 9.17) is 21.6 Å². The van der Waals surface area contributed by atoms with E-state index in [1.54, 1.807) is 5.57 Å². The van der Waals surface area contributed by atoms with Crippen LogP contribution in [0.2, 0.25) is 5.02 Å². The first kappa shape index (κ1) is 34.8.